The topological polar surface area (TPSA) is 54.9 Å². The van der Waals surface area contributed by atoms with Gasteiger partial charge >= 0.3 is 0 Å². The van der Waals surface area contributed by atoms with Crippen LogP contribution in [0, 0.1) is 0 Å². The number of pyridine rings is 1. The van der Waals surface area contributed by atoms with E-state index in [0.29, 0.717) is 5.69 Å². The number of hydrogen-bond donors (Lipinski definition) is 1. The number of anilines is 1. The first-order valence-corrected chi connectivity index (χ1v) is 9.17. The summed E-state index contributed by atoms with van der Waals surface area (Å²) in [5.41, 5.74) is 2.40. The van der Waals surface area contributed by atoms with Crippen molar-refractivity contribution in [3.8, 4) is 9.88 Å². The molecular formula is C18H13N3OS2. The van der Waals surface area contributed by atoms with Crippen LogP contribution in [0.2, 0.25) is 0 Å². The van der Waals surface area contributed by atoms with Gasteiger partial charge in [-0.25, -0.2) is 4.98 Å². The van der Waals surface area contributed by atoms with Gasteiger partial charge in [-0.3, -0.25) is 9.78 Å². The smallest absolute Gasteiger partial charge is 0.230 e. The molecule has 24 heavy (non-hydrogen) atoms. The van der Waals surface area contributed by atoms with Crippen molar-refractivity contribution >= 4 is 45.2 Å². The van der Waals surface area contributed by atoms with E-state index in [0.717, 1.165) is 26.5 Å². The average molecular weight is 351 g/mol. The van der Waals surface area contributed by atoms with Gasteiger partial charge in [0.1, 0.15) is 5.01 Å². The van der Waals surface area contributed by atoms with Crippen molar-refractivity contribution in [2.24, 2.45) is 0 Å². The van der Waals surface area contributed by atoms with Crippen LogP contribution < -0.4 is 5.32 Å². The van der Waals surface area contributed by atoms with Crippen LogP contribution >= 0.6 is 22.7 Å². The summed E-state index contributed by atoms with van der Waals surface area (Å²) in [6.07, 6.45) is 1.94. The fourth-order valence-electron chi connectivity index (χ4n) is 2.41. The van der Waals surface area contributed by atoms with E-state index in [1.165, 1.54) is 0 Å². The second kappa shape index (κ2) is 6.51. The number of carbonyl (C=O) groups excluding carboxylic acids is 1. The number of fused-ring (bicyclic) bond motifs is 1. The van der Waals surface area contributed by atoms with Gasteiger partial charge in [-0.05, 0) is 23.6 Å². The summed E-state index contributed by atoms with van der Waals surface area (Å²) in [6.45, 7) is 0. The summed E-state index contributed by atoms with van der Waals surface area (Å²) < 4.78 is 0. The quantitative estimate of drug-likeness (QED) is 0.584. The number of thiazole rings is 1. The molecule has 0 bridgehead atoms. The van der Waals surface area contributed by atoms with Crippen LogP contribution in [-0.4, -0.2) is 15.9 Å². The Morgan fingerprint density at radius 1 is 1.12 bits per heavy atom. The zero-order valence-corrected chi connectivity index (χ0v) is 14.2. The van der Waals surface area contributed by atoms with Crippen molar-refractivity contribution in [1.82, 2.24) is 9.97 Å². The number of thiophene rings is 1. The molecule has 0 spiro atoms. The first-order valence-electron chi connectivity index (χ1n) is 7.41. The van der Waals surface area contributed by atoms with Gasteiger partial charge in [0.2, 0.25) is 5.91 Å². The van der Waals surface area contributed by atoms with Gasteiger partial charge in [0.05, 0.1) is 34.4 Å². The standard InChI is InChI=1S/C18H13N3OS2/c22-17(9-14-11-24-18(21-14)16-6-3-7-23-16)20-13-8-12-4-1-2-5-15(12)19-10-13/h1-8,10-11H,9H2,(H,20,22). The van der Waals surface area contributed by atoms with Crippen molar-refractivity contribution in [2.75, 3.05) is 5.32 Å². The summed E-state index contributed by atoms with van der Waals surface area (Å²) in [5, 5.41) is 8.82. The van der Waals surface area contributed by atoms with Crippen molar-refractivity contribution in [3.05, 3.63) is 65.1 Å². The maximum absolute atomic E-state index is 12.2. The molecule has 3 aromatic heterocycles. The summed E-state index contributed by atoms with van der Waals surface area (Å²) in [7, 11) is 0. The Bertz CT molecular complexity index is 992. The predicted octanol–water partition coefficient (Wildman–Crippen LogP) is 4.60. The SMILES string of the molecule is O=C(Cc1csc(-c2cccs2)n1)Nc1cnc2ccccc2c1. The van der Waals surface area contributed by atoms with Crippen LogP contribution in [0.5, 0.6) is 0 Å². The van der Waals surface area contributed by atoms with E-state index in [-0.39, 0.29) is 12.3 Å². The summed E-state index contributed by atoms with van der Waals surface area (Å²) >= 11 is 3.22. The Kier molecular flexibility index (Phi) is 4.06. The van der Waals surface area contributed by atoms with Crippen molar-refractivity contribution in [3.63, 3.8) is 0 Å². The molecule has 118 valence electrons. The molecule has 0 atom stereocenters. The Morgan fingerprint density at radius 3 is 2.92 bits per heavy atom. The lowest BCUT2D eigenvalue weighted by atomic mass is 10.2. The number of nitrogens with one attached hydrogen (secondary N) is 1. The van der Waals surface area contributed by atoms with E-state index in [2.05, 4.69) is 15.3 Å². The zero-order valence-electron chi connectivity index (χ0n) is 12.6. The summed E-state index contributed by atoms with van der Waals surface area (Å²) in [4.78, 5) is 22.3. The second-order valence-corrected chi connectivity index (χ2v) is 7.07. The fourth-order valence-corrected chi connectivity index (χ4v) is 4.04. The van der Waals surface area contributed by atoms with Crippen LogP contribution in [0.1, 0.15) is 5.69 Å². The van der Waals surface area contributed by atoms with Gasteiger partial charge < -0.3 is 5.32 Å². The molecule has 4 aromatic rings. The number of amides is 1. The number of nitrogens with zero attached hydrogens (tertiary/aromatic N) is 2. The number of carbonyl (C=O) groups is 1. The fraction of sp³-hybridized carbons (Fsp3) is 0.0556. The highest BCUT2D eigenvalue weighted by Gasteiger charge is 2.10. The first kappa shape index (κ1) is 15.0. The van der Waals surface area contributed by atoms with E-state index in [9.17, 15) is 4.79 Å². The molecule has 4 rings (SSSR count). The Labute approximate surface area is 146 Å². The molecule has 0 saturated carbocycles. The van der Waals surface area contributed by atoms with Gasteiger partial charge in [0.25, 0.3) is 0 Å². The lowest BCUT2D eigenvalue weighted by Gasteiger charge is -2.05. The van der Waals surface area contributed by atoms with Gasteiger partial charge in [0, 0.05) is 10.8 Å². The third-order valence-electron chi connectivity index (χ3n) is 3.50. The van der Waals surface area contributed by atoms with Crippen LogP contribution in [0.25, 0.3) is 20.8 Å². The number of para-hydroxylation sites is 1. The highest BCUT2D eigenvalue weighted by atomic mass is 32.1. The number of rotatable bonds is 4. The van der Waals surface area contributed by atoms with Crippen LogP contribution in [0.15, 0.2) is 59.4 Å². The minimum Gasteiger partial charge on any atom is -0.324 e. The molecule has 0 aliphatic rings. The average Bonchev–Trinajstić information content (AvgIpc) is 3.26. The zero-order chi connectivity index (χ0) is 16.4. The third kappa shape index (κ3) is 3.20. The first-order chi connectivity index (χ1) is 11.8. The van der Waals surface area contributed by atoms with Gasteiger partial charge in [-0.1, -0.05) is 24.3 Å². The molecule has 1 N–H and O–H groups in total. The van der Waals surface area contributed by atoms with Crippen molar-refractivity contribution in [2.45, 2.75) is 6.42 Å². The van der Waals surface area contributed by atoms with Crippen molar-refractivity contribution < 1.29 is 4.79 Å². The molecule has 6 heteroatoms. The molecule has 0 unspecified atom stereocenters. The number of hydrogen-bond acceptors (Lipinski definition) is 5. The van der Waals surface area contributed by atoms with E-state index in [4.69, 9.17) is 0 Å². The van der Waals surface area contributed by atoms with E-state index < -0.39 is 0 Å². The Balaban J connectivity index is 1.46. The van der Waals surface area contributed by atoms with Crippen LogP contribution in [0.3, 0.4) is 0 Å². The largest absolute Gasteiger partial charge is 0.324 e. The maximum atomic E-state index is 12.2. The monoisotopic (exact) mass is 351 g/mol. The van der Waals surface area contributed by atoms with Crippen molar-refractivity contribution in [1.29, 1.82) is 0 Å². The molecular weight excluding hydrogens is 338 g/mol. The molecule has 0 aliphatic carbocycles. The lowest BCUT2D eigenvalue weighted by molar-refractivity contribution is -0.115. The Morgan fingerprint density at radius 2 is 2.04 bits per heavy atom. The molecule has 3 heterocycles. The molecule has 0 fully saturated rings. The second-order valence-electron chi connectivity index (χ2n) is 5.26. The molecule has 0 aliphatic heterocycles. The molecule has 4 nitrogen and oxygen atoms in total. The van der Waals surface area contributed by atoms with Crippen LogP contribution in [-0.2, 0) is 11.2 Å². The highest BCUT2D eigenvalue weighted by molar-refractivity contribution is 7.20. The normalized spacial score (nSPS) is 10.8. The minimum absolute atomic E-state index is 0.0879. The minimum atomic E-state index is -0.0879. The molecule has 1 aromatic carbocycles. The van der Waals surface area contributed by atoms with E-state index in [1.54, 1.807) is 28.9 Å². The summed E-state index contributed by atoms with van der Waals surface area (Å²) in [5.74, 6) is -0.0879. The summed E-state index contributed by atoms with van der Waals surface area (Å²) in [6, 6.07) is 13.8. The third-order valence-corrected chi connectivity index (χ3v) is 5.43. The van der Waals surface area contributed by atoms with Gasteiger partial charge in [0.15, 0.2) is 0 Å². The Hall–Kier alpha value is -2.57. The van der Waals surface area contributed by atoms with Gasteiger partial charge in [-0.2, -0.15) is 0 Å². The number of benzene rings is 1. The maximum Gasteiger partial charge on any atom is 0.230 e. The lowest BCUT2D eigenvalue weighted by Crippen LogP contribution is -2.14. The molecule has 0 radical (unpaired) electrons. The molecule has 0 saturated heterocycles. The molecule has 1 amide bonds. The van der Waals surface area contributed by atoms with E-state index >= 15 is 0 Å². The number of aromatic nitrogens is 2. The highest BCUT2D eigenvalue weighted by Crippen LogP contribution is 2.28. The van der Waals surface area contributed by atoms with Crippen LogP contribution in [0.4, 0.5) is 5.69 Å². The van der Waals surface area contributed by atoms with E-state index in [1.807, 2.05) is 53.2 Å². The van der Waals surface area contributed by atoms with Gasteiger partial charge in [-0.15, -0.1) is 22.7 Å². The predicted molar refractivity (Wildman–Crippen MR) is 99.5 cm³/mol.